The van der Waals surface area contributed by atoms with Crippen LogP contribution in [0, 0.1) is 0 Å². The first-order valence-electron chi connectivity index (χ1n) is 8.86. The molecule has 0 amide bonds. The molecular weight excluding hydrogens is 350 g/mol. The maximum Gasteiger partial charge on any atom is 0.192 e. The van der Waals surface area contributed by atoms with Gasteiger partial charge in [-0.2, -0.15) is 0 Å². The number of halogens is 1. The quantitative estimate of drug-likeness (QED) is 0.599. The molecule has 1 saturated heterocycles. The standard InChI is InChI=1S/C19H28ClN3OSi/c1-19(2,3)25(4,5)24-13-10-11-23(12-13)17-9-6-14-16(22-17)8-7-15(20)18(14)21/h6-9,13H,10-12,21H2,1-5H3. The van der Waals surface area contributed by atoms with Crippen LogP contribution in [0.4, 0.5) is 11.5 Å². The lowest BCUT2D eigenvalue weighted by molar-refractivity contribution is 0.202. The fraction of sp³-hybridized carbons (Fsp3) is 0.526. The zero-order valence-corrected chi connectivity index (χ0v) is 17.5. The van der Waals surface area contributed by atoms with Gasteiger partial charge in [-0.3, -0.25) is 0 Å². The molecule has 1 aromatic heterocycles. The number of nitrogens with zero attached hydrogens (tertiary/aromatic N) is 2. The van der Waals surface area contributed by atoms with E-state index in [0.717, 1.165) is 36.2 Å². The van der Waals surface area contributed by atoms with Crippen molar-refractivity contribution in [3.05, 3.63) is 29.3 Å². The zero-order chi connectivity index (χ0) is 18.4. The number of nitrogens with two attached hydrogens (primary N) is 1. The van der Waals surface area contributed by atoms with Gasteiger partial charge in [-0.15, -0.1) is 0 Å². The molecule has 0 bridgehead atoms. The topological polar surface area (TPSA) is 51.4 Å². The molecule has 0 saturated carbocycles. The Kier molecular flexibility index (Phi) is 4.77. The number of anilines is 2. The average Bonchev–Trinajstić information content (AvgIpc) is 2.97. The van der Waals surface area contributed by atoms with Gasteiger partial charge in [0.15, 0.2) is 8.32 Å². The number of benzene rings is 1. The van der Waals surface area contributed by atoms with Gasteiger partial charge in [-0.05, 0) is 48.8 Å². The summed E-state index contributed by atoms with van der Waals surface area (Å²) in [6.45, 7) is 13.4. The van der Waals surface area contributed by atoms with E-state index in [2.05, 4.69) is 38.8 Å². The molecular formula is C19H28ClN3OSi. The highest BCUT2D eigenvalue weighted by Gasteiger charge is 2.40. The molecule has 1 unspecified atom stereocenters. The molecule has 1 aromatic carbocycles. The highest BCUT2D eigenvalue weighted by atomic mass is 35.5. The van der Waals surface area contributed by atoms with Crippen molar-refractivity contribution >= 4 is 42.3 Å². The first-order chi connectivity index (χ1) is 11.6. The minimum atomic E-state index is -1.74. The van der Waals surface area contributed by atoms with E-state index < -0.39 is 8.32 Å². The second-order valence-electron chi connectivity index (χ2n) is 8.43. The van der Waals surface area contributed by atoms with Crippen LogP contribution < -0.4 is 10.6 Å². The number of aromatic nitrogens is 1. The second kappa shape index (κ2) is 6.45. The third kappa shape index (κ3) is 3.64. The van der Waals surface area contributed by atoms with Crippen molar-refractivity contribution in [1.29, 1.82) is 0 Å². The Morgan fingerprint density at radius 1 is 1.24 bits per heavy atom. The van der Waals surface area contributed by atoms with Crippen molar-refractivity contribution in [3.8, 4) is 0 Å². The van der Waals surface area contributed by atoms with E-state index >= 15 is 0 Å². The molecule has 136 valence electrons. The van der Waals surface area contributed by atoms with Gasteiger partial charge >= 0.3 is 0 Å². The van der Waals surface area contributed by atoms with E-state index in [1.807, 2.05) is 24.3 Å². The molecule has 3 rings (SSSR count). The Morgan fingerprint density at radius 3 is 2.64 bits per heavy atom. The molecule has 2 heterocycles. The van der Waals surface area contributed by atoms with Gasteiger partial charge in [0.05, 0.1) is 22.3 Å². The number of hydrogen-bond donors (Lipinski definition) is 1. The third-order valence-corrected chi connectivity index (χ3v) is 10.4. The van der Waals surface area contributed by atoms with Crippen LogP contribution in [0.15, 0.2) is 24.3 Å². The van der Waals surface area contributed by atoms with Crippen LogP contribution in [0.3, 0.4) is 0 Å². The number of rotatable bonds is 3. The Hall–Kier alpha value is -1.30. The molecule has 1 fully saturated rings. The maximum absolute atomic E-state index is 6.57. The summed E-state index contributed by atoms with van der Waals surface area (Å²) in [5.74, 6) is 0.982. The first kappa shape index (κ1) is 18.5. The summed E-state index contributed by atoms with van der Waals surface area (Å²) in [6, 6.07) is 7.78. The Labute approximate surface area is 156 Å². The zero-order valence-electron chi connectivity index (χ0n) is 15.8. The molecule has 1 aliphatic heterocycles. The summed E-state index contributed by atoms with van der Waals surface area (Å²) < 4.78 is 6.57. The van der Waals surface area contributed by atoms with Crippen molar-refractivity contribution in [3.63, 3.8) is 0 Å². The van der Waals surface area contributed by atoms with Crippen molar-refractivity contribution < 1.29 is 4.43 Å². The number of nitrogen functional groups attached to an aromatic ring is 1. The highest BCUT2D eigenvalue weighted by molar-refractivity contribution is 6.74. The predicted octanol–water partition coefficient (Wildman–Crippen LogP) is 5.07. The fourth-order valence-electron chi connectivity index (χ4n) is 2.99. The van der Waals surface area contributed by atoms with Crippen LogP contribution >= 0.6 is 11.6 Å². The number of fused-ring (bicyclic) bond motifs is 1. The molecule has 1 aliphatic rings. The summed E-state index contributed by atoms with van der Waals surface area (Å²) in [5.41, 5.74) is 7.53. The molecule has 2 N–H and O–H groups in total. The Morgan fingerprint density at radius 2 is 1.96 bits per heavy atom. The van der Waals surface area contributed by atoms with E-state index in [1.54, 1.807) is 0 Å². The lowest BCUT2D eigenvalue weighted by Gasteiger charge is -2.38. The van der Waals surface area contributed by atoms with Crippen LogP contribution in [-0.2, 0) is 4.43 Å². The third-order valence-electron chi connectivity index (χ3n) is 5.58. The molecule has 0 radical (unpaired) electrons. The minimum absolute atomic E-state index is 0.235. The van der Waals surface area contributed by atoms with Gasteiger partial charge in [-0.25, -0.2) is 4.98 Å². The largest absolute Gasteiger partial charge is 0.412 e. The van der Waals surface area contributed by atoms with E-state index in [1.165, 1.54) is 0 Å². The first-order valence-corrected chi connectivity index (χ1v) is 12.1. The minimum Gasteiger partial charge on any atom is -0.412 e. The van der Waals surface area contributed by atoms with E-state index in [0.29, 0.717) is 10.7 Å². The fourth-order valence-corrected chi connectivity index (χ4v) is 4.54. The Balaban J connectivity index is 1.76. The monoisotopic (exact) mass is 377 g/mol. The molecule has 0 aliphatic carbocycles. The van der Waals surface area contributed by atoms with Crippen molar-refractivity contribution in [2.24, 2.45) is 0 Å². The smallest absolute Gasteiger partial charge is 0.192 e. The second-order valence-corrected chi connectivity index (χ2v) is 13.6. The SMILES string of the molecule is CC(C)(C)[Si](C)(C)OC1CCN(c2ccc3c(N)c(Cl)ccc3n2)C1. The van der Waals surface area contributed by atoms with Gasteiger partial charge in [-0.1, -0.05) is 32.4 Å². The Bertz CT molecular complexity index is 788. The lowest BCUT2D eigenvalue weighted by Crippen LogP contribution is -2.44. The summed E-state index contributed by atoms with van der Waals surface area (Å²) in [6.07, 6.45) is 1.34. The molecule has 2 aromatic rings. The van der Waals surface area contributed by atoms with Crippen molar-refractivity contribution in [1.82, 2.24) is 4.98 Å². The molecule has 1 atom stereocenters. The number of pyridine rings is 1. The van der Waals surface area contributed by atoms with Gasteiger partial charge < -0.3 is 15.1 Å². The highest BCUT2D eigenvalue weighted by Crippen LogP contribution is 2.38. The molecule has 6 heteroatoms. The van der Waals surface area contributed by atoms with Gasteiger partial charge in [0.25, 0.3) is 0 Å². The van der Waals surface area contributed by atoms with Crippen LogP contribution in [0.25, 0.3) is 10.9 Å². The predicted molar refractivity (Wildman–Crippen MR) is 110 cm³/mol. The van der Waals surface area contributed by atoms with Gasteiger partial charge in [0, 0.05) is 18.5 Å². The maximum atomic E-state index is 6.57. The van der Waals surface area contributed by atoms with Crippen LogP contribution in [-0.4, -0.2) is 32.5 Å². The normalized spacial score (nSPS) is 19.0. The lowest BCUT2D eigenvalue weighted by atomic mass is 10.2. The summed E-state index contributed by atoms with van der Waals surface area (Å²) in [7, 11) is -1.74. The summed E-state index contributed by atoms with van der Waals surface area (Å²) in [5, 5.41) is 1.72. The van der Waals surface area contributed by atoms with E-state index in [-0.39, 0.29) is 11.1 Å². The van der Waals surface area contributed by atoms with Crippen LogP contribution in [0.1, 0.15) is 27.2 Å². The molecule has 25 heavy (non-hydrogen) atoms. The van der Waals surface area contributed by atoms with E-state index in [9.17, 15) is 0 Å². The van der Waals surface area contributed by atoms with Gasteiger partial charge in [0.1, 0.15) is 5.82 Å². The average molecular weight is 378 g/mol. The van der Waals surface area contributed by atoms with E-state index in [4.69, 9.17) is 26.7 Å². The van der Waals surface area contributed by atoms with Crippen molar-refractivity contribution in [2.75, 3.05) is 23.7 Å². The van der Waals surface area contributed by atoms with Crippen molar-refractivity contribution in [2.45, 2.75) is 51.4 Å². The number of hydrogen-bond acceptors (Lipinski definition) is 4. The van der Waals surface area contributed by atoms with Gasteiger partial charge in [0.2, 0.25) is 0 Å². The van der Waals surface area contributed by atoms with Crippen LogP contribution in [0.2, 0.25) is 23.2 Å². The summed E-state index contributed by atoms with van der Waals surface area (Å²) in [4.78, 5) is 7.09. The summed E-state index contributed by atoms with van der Waals surface area (Å²) >= 11 is 6.10. The van der Waals surface area contributed by atoms with Crippen LogP contribution in [0.5, 0.6) is 0 Å². The molecule has 0 spiro atoms. The molecule has 4 nitrogen and oxygen atoms in total.